The lowest BCUT2D eigenvalue weighted by atomic mass is 10.1. The van der Waals surface area contributed by atoms with Gasteiger partial charge in [0.05, 0.1) is 28.4 Å². The number of nitrogens with one attached hydrogen (secondary N) is 2. The van der Waals surface area contributed by atoms with E-state index in [0.29, 0.717) is 18.8 Å². The highest BCUT2D eigenvalue weighted by Crippen LogP contribution is 2.26. The molecule has 0 saturated heterocycles. The molecular formula is C26H29N3O5S. The molecule has 0 aliphatic rings. The second-order valence-electron chi connectivity index (χ2n) is 8.01. The summed E-state index contributed by atoms with van der Waals surface area (Å²) in [5.41, 5.74) is 2.66. The van der Waals surface area contributed by atoms with E-state index in [1.54, 1.807) is 54.6 Å². The van der Waals surface area contributed by atoms with Gasteiger partial charge < -0.3 is 15.4 Å². The van der Waals surface area contributed by atoms with Gasteiger partial charge >= 0.3 is 0 Å². The fourth-order valence-electron chi connectivity index (χ4n) is 3.60. The van der Waals surface area contributed by atoms with Gasteiger partial charge in [-0.25, -0.2) is 8.42 Å². The summed E-state index contributed by atoms with van der Waals surface area (Å²) in [6, 6.07) is 19.9. The van der Waals surface area contributed by atoms with E-state index in [4.69, 9.17) is 4.74 Å². The minimum Gasteiger partial charge on any atom is -0.383 e. The third-order valence-corrected chi connectivity index (χ3v) is 6.94. The van der Waals surface area contributed by atoms with Crippen molar-refractivity contribution in [3.63, 3.8) is 0 Å². The third kappa shape index (κ3) is 6.68. The van der Waals surface area contributed by atoms with Crippen molar-refractivity contribution in [1.29, 1.82) is 0 Å². The number of para-hydroxylation sites is 1. The first kappa shape index (κ1) is 25.9. The molecule has 0 bridgehead atoms. The van der Waals surface area contributed by atoms with Crippen molar-refractivity contribution in [3.8, 4) is 0 Å². The number of hydrogen-bond acceptors (Lipinski definition) is 5. The van der Waals surface area contributed by atoms with Gasteiger partial charge in [0, 0.05) is 13.7 Å². The molecule has 0 radical (unpaired) electrons. The summed E-state index contributed by atoms with van der Waals surface area (Å²) in [4.78, 5) is 25.7. The molecule has 2 N–H and O–H groups in total. The first-order valence-electron chi connectivity index (χ1n) is 11.0. The fourth-order valence-corrected chi connectivity index (χ4v) is 5.03. The zero-order valence-electron chi connectivity index (χ0n) is 19.9. The van der Waals surface area contributed by atoms with Gasteiger partial charge in [0.15, 0.2) is 0 Å². The first-order chi connectivity index (χ1) is 16.7. The average Bonchev–Trinajstić information content (AvgIpc) is 2.83. The van der Waals surface area contributed by atoms with E-state index in [1.165, 1.54) is 19.2 Å². The van der Waals surface area contributed by atoms with Crippen LogP contribution in [0.3, 0.4) is 0 Å². The highest BCUT2D eigenvalue weighted by molar-refractivity contribution is 7.92. The summed E-state index contributed by atoms with van der Waals surface area (Å²) in [6.45, 7) is 3.92. The number of hydrogen-bond donors (Lipinski definition) is 2. The van der Waals surface area contributed by atoms with Gasteiger partial charge in [-0.2, -0.15) is 0 Å². The molecule has 8 nitrogen and oxygen atoms in total. The topological polar surface area (TPSA) is 105 Å². The maximum Gasteiger partial charge on any atom is 0.264 e. The van der Waals surface area contributed by atoms with Gasteiger partial charge in [0.25, 0.3) is 15.9 Å². The van der Waals surface area contributed by atoms with E-state index in [0.717, 1.165) is 15.4 Å². The Bertz CT molecular complexity index is 1270. The van der Waals surface area contributed by atoms with E-state index in [1.807, 2.05) is 19.9 Å². The molecule has 0 aromatic heterocycles. The molecule has 35 heavy (non-hydrogen) atoms. The number of anilines is 2. The fraction of sp³-hybridized carbons (Fsp3) is 0.231. The van der Waals surface area contributed by atoms with Crippen LogP contribution in [0.4, 0.5) is 11.4 Å². The summed E-state index contributed by atoms with van der Waals surface area (Å²) in [5, 5.41) is 5.41. The van der Waals surface area contributed by atoms with Crippen molar-refractivity contribution in [1.82, 2.24) is 5.32 Å². The normalized spacial score (nSPS) is 11.1. The lowest BCUT2D eigenvalue weighted by Gasteiger charge is -2.25. The molecular weight excluding hydrogens is 466 g/mol. The number of rotatable bonds is 10. The highest BCUT2D eigenvalue weighted by atomic mass is 32.2. The van der Waals surface area contributed by atoms with Gasteiger partial charge in [-0.15, -0.1) is 0 Å². The average molecular weight is 496 g/mol. The van der Waals surface area contributed by atoms with Gasteiger partial charge in [0.2, 0.25) is 5.91 Å². The van der Waals surface area contributed by atoms with Crippen LogP contribution in [0, 0.1) is 13.8 Å². The Labute approximate surface area is 206 Å². The number of amides is 2. The third-order valence-electron chi connectivity index (χ3n) is 5.15. The van der Waals surface area contributed by atoms with E-state index in [2.05, 4.69) is 10.6 Å². The molecule has 0 aliphatic heterocycles. The predicted molar refractivity (Wildman–Crippen MR) is 136 cm³/mol. The molecule has 9 heteroatoms. The second kappa shape index (κ2) is 11.6. The van der Waals surface area contributed by atoms with E-state index >= 15 is 0 Å². The molecule has 184 valence electrons. The van der Waals surface area contributed by atoms with Crippen LogP contribution in [0.2, 0.25) is 0 Å². The van der Waals surface area contributed by atoms with Crippen LogP contribution in [0.25, 0.3) is 0 Å². The first-order valence-corrected chi connectivity index (χ1v) is 12.5. The SMILES string of the molecule is COCCNC(=O)c1ccccc1NC(=O)CN(c1cc(C)cc(C)c1)S(=O)(=O)c1ccccc1. The molecule has 0 atom stereocenters. The largest absolute Gasteiger partial charge is 0.383 e. The van der Waals surface area contributed by atoms with E-state index < -0.39 is 22.5 Å². The van der Waals surface area contributed by atoms with Crippen molar-refractivity contribution < 1.29 is 22.7 Å². The van der Waals surface area contributed by atoms with Crippen LogP contribution >= 0.6 is 0 Å². The Kier molecular flexibility index (Phi) is 8.62. The van der Waals surface area contributed by atoms with E-state index in [-0.39, 0.29) is 22.1 Å². The lowest BCUT2D eigenvalue weighted by Crippen LogP contribution is -2.38. The van der Waals surface area contributed by atoms with Gasteiger partial charge in [-0.05, 0) is 61.4 Å². The number of methoxy groups -OCH3 is 1. The monoisotopic (exact) mass is 495 g/mol. The number of nitrogens with zero attached hydrogens (tertiary/aromatic N) is 1. The molecule has 3 aromatic carbocycles. The number of benzene rings is 3. The zero-order chi connectivity index (χ0) is 25.4. The lowest BCUT2D eigenvalue weighted by molar-refractivity contribution is -0.114. The standard InChI is InChI=1S/C26H29N3O5S/c1-19-15-20(2)17-21(16-19)29(35(32,33)22-9-5-4-6-10-22)18-25(30)28-24-12-8-7-11-23(24)26(31)27-13-14-34-3/h4-12,15-17H,13-14,18H2,1-3H3,(H,27,31)(H,28,30). The molecule has 0 heterocycles. The molecule has 2 amide bonds. The van der Waals surface area contributed by atoms with Crippen LogP contribution in [0.1, 0.15) is 21.5 Å². The Morgan fingerprint density at radius 1 is 0.914 bits per heavy atom. The Hall–Kier alpha value is -3.69. The zero-order valence-corrected chi connectivity index (χ0v) is 20.8. The van der Waals surface area contributed by atoms with Crippen LogP contribution < -0.4 is 14.9 Å². The molecule has 3 rings (SSSR count). The number of aryl methyl sites for hydroxylation is 2. The maximum atomic E-state index is 13.5. The Morgan fingerprint density at radius 3 is 2.20 bits per heavy atom. The quantitative estimate of drug-likeness (QED) is 0.419. The van der Waals surface area contributed by atoms with Gasteiger partial charge in [0.1, 0.15) is 6.54 Å². The van der Waals surface area contributed by atoms with Crippen LogP contribution in [-0.4, -0.2) is 47.0 Å². The highest BCUT2D eigenvalue weighted by Gasteiger charge is 2.28. The van der Waals surface area contributed by atoms with Crippen LogP contribution in [-0.2, 0) is 19.6 Å². The molecule has 0 fully saturated rings. The van der Waals surface area contributed by atoms with Crippen molar-refractivity contribution in [2.75, 3.05) is 36.4 Å². The molecule has 3 aromatic rings. The minimum absolute atomic E-state index is 0.0740. The smallest absolute Gasteiger partial charge is 0.264 e. The maximum absolute atomic E-state index is 13.5. The van der Waals surface area contributed by atoms with E-state index in [9.17, 15) is 18.0 Å². The number of carbonyl (C=O) groups is 2. The number of carbonyl (C=O) groups excluding carboxylic acids is 2. The van der Waals surface area contributed by atoms with Crippen LogP contribution in [0.15, 0.2) is 77.7 Å². The molecule has 0 unspecified atom stereocenters. The van der Waals surface area contributed by atoms with Crippen molar-refractivity contribution in [3.05, 3.63) is 89.5 Å². The predicted octanol–water partition coefficient (Wildman–Crippen LogP) is 3.51. The number of ether oxygens (including phenoxy) is 1. The molecule has 0 spiro atoms. The minimum atomic E-state index is -4.04. The number of sulfonamides is 1. The van der Waals surface area contributed by atoms with Crippen molar-refractivity contribution in [2.45, 2.75) is 18.7 Å². The molecule has 0 saturated carbocycles. The van der Waals surface area contributed by atoms with Gasteiger partial charge in [-0.3, -0.25) is 13.9 Å². The van der Waals surface area contributed by atoms with Gasteiger partial charge in [-0.1, -0.05) is 36.4 Å². The van der Waals surface area contributed by atoms with Crippen LogP contribution in [0.5, 0.6) is 0 Å². The Morgan fingerprint density at radius 2 is 1.54 bits per heavy atom. The second-order valence-corrected chi connectivity index (χ2v) is 9.88. The molecule has 0 aliphatic carbocycles. The Balaban J connectivity index is 1.91. The summed E-state index contributed by atoms with van der Waals surface area (Å²) in [6.07, 6.45) is 0. The van der Waals surface area contributed by atoms with Crippen molar-refractivity contribution >= 4 is 33.2 Å². The summed E-state index contributed by atoms with van der Waals surface area (Å²) in [5.74, 6) is -0.957. The van der Waals surface area contributed by atoms with Crippen molar-refractivity contribution in [2.24, 2.45) is 0 Å². The summed E-state index contributed by atoms with van der Waals surface area (Å²) in [7, 11) is -2.50. The summed E-state index contributed by atoms with van der Waals surface area (Å²) < 4.78 is 33.1. The summed E-state index contributed by atoms with van der Waals surface area (Å²) >= 11 is 0.